The van der Waals surface area contributed by atoms with Crippen LogP contribution in [0.15, 0.2) is 30.3 Å². The van der Waals surface area contributed by atoms with Crippen LogP contribution in [0.5, 0.6) is 5.75 Å². The molecule has 0 saturated carbocycles. The molecule has 1 aromatic carbocycles. The second-order valence-electron chi connectivity index (χ2n) is 4.77. The zero-order valence-electron chi connectivity index (χ0n) is 11.2. The zero-order valence-corrected chi connectivity index (χ0v) is 11.2. The van der Waals surface area contributed by atoms with Crippen LogP contribution in [-0.2, 0) is 0 Å². The summed E-state index contributed by atoms with van der Waals surface area (Å²) in [5.74, 6) is 1.94. The third-order valence-electron chi connectivity index (χ3n) is 3.14. The number of fused-ring (bicyclic) bond motifs is 1. The summed E-state index contributed by atoms with van der Waals surface area (Å²) in [4.78, 5) is 0. The van der Waals surface area contributed by atoms with Crippen molar-refractivity contribution in [2.75, 3.05) is 7.11 Å². The van der Waals surface area contributed by atoms with Crippen LogP contribution in [0.2, 0.25) is 0 Å². The van der Waals surface area contributed by atoms with Gasteiger partial charge in [0, 0.05) is 6.07 Å². The van der Waals surface area contributed by atoms with Crippen molar-refractivity contribution in [3.63, 3.8) is 0 Å². The third-order valence-corrected chi connectivity index (χ3v) is 3.14. The fourth-order valence-corrected chi connectivity index (χ4v) is 2.08. The summed E-state index contributed by atoms with van der Waals surface area (Å²) in [6.45, 7) is 4.25. The van der Waals surface area contributed by atoms with E-state index in [2.05, 4.69) is 29.1 Å². The minimum absolute atomic E-state index is 0.388. The fraction of sp³-hybridized carbons (Fsp3) is 0.286. The molecule has 0 bridgehead atoms. The first-order chi connectivity index (χ1) is 9.20. The molecule has 0 saturated heterocycles. The number of aromatic nitrogens is 4. The SMILES string of the molecule is COc1ccccc1-c1n[nH]c2cc(C(C)C)nn12. The van der Waals surface area contributed by atoms with Gasteiger partial charge in [-0.1, -0.05) is 26.0 Å². The number of methoxy groups -OCH3 is 1. The van der Waals surface area contributed by atoms with Crippen LogP contribution in [0, 0.1) is 0 Å². The predicted octanol–water partition coefficient (Wildman–Crippen LogP) is 2.86. The Bertz CT molecular complexity index is 711. The fourth-order valence-electron chi connectivity index (χ4n) is 2.08. The van der Waals surface area contributed by atoms with Crippen LogP contribution in [0.3, 0.4) is 0 Å². The van der Waals surface area contributed by atoms with Crippen LogP contribution >= 0.6 is 0 Å². The Balaban J connectivity index is 2.19. The van der Waals surface area contributed by atoms with Gasteiger partial charge in [-0.3, -0.25) is 5.10 Å². The molecule has 2 aromatic heterocycles. The average Bonchev–Trinajstić information content (AvgIpc) is 2.98. The molecule has 0 amide bonds. The Labute approximate surface area is 111 Å². The first-order valence-electron chi connectivity index (χ1n) is 6.28. The molecule has 5 nitrogen and oxygen atoms in total. The molecular formula is C14H16N4O. The Morgan fingerprint density at radius 1 is 1.26 bits per heavy atom. The molecule has 0 aliphatic heterocycles. The molecule has 0 unspecified atom stereocenters. The molecule has 5 heteroatoms. The molecule has 0 aliphatic carbocycles. The van der Waals surface area contributed by atoms with Crippen molar-refractivity contribution in [1.29, 1.82) is 0 Å². The van der Waals surface area contributed by atoms with Crippen molar-refractivity contribution in [1.82, 2.24) is 19.8 Å². The lowest BCUT2D eigenvalue weighted by molar-refractivity contribution is 0.416. The number of nitrogens with one attached hydrogen (secondary N) is 1. The highest BCUT2D eigenvalue weighted by atomic mass is 16.5. The van der Waals surface area contributed by atoms with Crippen molar-refractivity contribution in [2.24, 2.45) is 0 Å². The Morgan fingerprint density at radius 2 is 2.05 bits per heavy atom. The van der Waals surface area contributed by atoms with Gasteiger partial charge in [-0.2, -0.15) is 14.7 Å². The molecule has 1 N–H and O–H groups in total. The van der Waals surface area contributed by atoms with E-state index in [-0.39, 0.29) is 0 Å². The van der Waals surface area contributed by atoms with Gasteiger partial charge < -0.3 is 4.74 Å². The smallest absolute Gasteiger partial charge is 0.186 e. The van der Waals surface area contributed by atoms with Crippen LogP contribution in [-0.4, -0.2) is 26.9 Å². The van der Waals surface area contributed by atoms with Crippen molar-refractivity contribution in [3.8, 4) is 17.1 Å². The number of benzene rings is 1. The van der Waals surface area contributed by atoms with Gasteiger partial charge in [-0.05, 0) is 18.1 Å². The number of ether oxygens (including phenoxy) is 1. The third kappa shape index (κ3) is 1.87. The first kappa shape index (κ1) is 11.8. The summed E-state index contributed by atoms with van der Waals surface area (Å²) in [7, 11) is 1.66. The molecule has 3 rings (SSSR count). The highest BCUT2D eigenvalue weighted by Gasteiger charge is 2.15. The van der Waals surface area contributed by atoms with Gasteiger partial charge in [0.25, 0.3) is 0 Å². The van der Waals surface area contributed by atoms with Gasteiger partial charge in [0.2, 0.25) is 0 Å². The predicted molar refractivity (Wildman–Crippen MR) is 73.4 cm³/mol. The quantitative estimate of drug-likeness (QED) is 0.784. The number of H-pyrrole nitrogens is 1. The van der Waals surface area contributed by atoms with Gasteiger partial charge in [-0.15, -0.1) is 0 Å². The average molecular weight is 256 g/mol. The molecule has 0 atom stereocenters. The lowest BCUT2D eigenvalue weighted by Gasteiger charge is -2.05. The molecule has 3 aromatic rings. The maximum atomic E-state index is 5.38. The number of hydrogen-bond donors (Lipinski definition) is 1. The minimum atomic E-state index is 0.388. The topological polar surface area (TPSA) is 55.2 Å². The molecule has 0 radical (unpaired) electrons. The van der Waals surface area contributed by atoms with Crippen LogP contribution in [0.25, 0.3) is 17.0 Å². The van der Waals surface area contributed by atoms with E-state index >= 15 is 0 Å². The standard InChI is InChI=1S/C14H16N4O/c1-9(2)11-8-13-15-16-14(18(13)17-11)10-6-4-5-7-12(10)19-3/h4-9,15H,1-3H3. The normalized spacial score (nSPS) is 11.4. The molecule has 2 heterocycles. The van der Waals surface area contributed by atoms with Gasteiger partial charge in [0.15, 0.2) is 11.5 Å². The van der Waals surface area contributed by atoms with E-state index in [0.717, 1.165) is 28.5 Å². The number of hydrogen-bond acceptors (Lipinski definition) is 3. The van der Waals surface area contributed by atoms with Crippen molar-refractivity contribution >= 4 is 5.65 Å². The van der Waals surface area contributed by atoms with Crippen LogP contribution < -0.4 is 4.74 Å². The summed E-state index contributed by atoms with van der Waals surface area (Å²) < 4.78 is 7.20. The van der Waals surface area contributed by atoms with E-state index in [9.17, 15) is 0 Å². The first-order valence-corrected chi connectivity index (χ1v) is 6.28. The van der Waals surface area contributed by atoms with E-state index in [1.54, 1.807) is 7.11 Å². The summed E-state index contributed by atoms with van der Waals surface area (Å²) in [5.41, 5.74) is 2.86. The van der Waals surface area contributed by atoms with E-state index in [4.69, 9.17) is 4.74 Å². The number of para-hydroxylation sites is 1. The second-order valence-corrected chi connectivity index (χ2v) is 4.77. The summed E-state index contributed by atoms with van der Waals surface area (Å²) >= 11 is 0. The summed E-state index contributed by atoms with van der Waals surface area (Å²) in [5, 5.41) is 11.9. The monoisotopic (exact) mass is 256 g/mol. The lowest BCUT2D eigenvalue weighted by atomic mass is 10.1. The molecule has 98 valence electrons. The number of rotatable bonds is 3. The van der Waals surface area contributed by atoms with Crippen LogP contribution in [0.1, 0.15) is 25.5 Å². The Hall–Kier alpha value is -2.30. The molecular weight excluding hydrogens is 240 g/mol. The van der Waals surface area contributed by atoms with Crippen molar-refractivity contribution < 1.29 is 4.74 Å². The molecule has 0 fully saturated rings. The number of aromatic amines is 1. The highest BCUT2D eigenvalue weighted by molar-refractivity contribution is 5.66. The largest absolute Gasteiger partial charge is 0.496 e. The molecule has 19 heavy (non-hydrogen) atoms. The molecule has 0 aliphatic rings. The number of nitrogens with zero attached hydrogens (tertiary/aromatic N) is 3. The van der Waals surface area contributed by atoms with Gasteiger partial charge in [0.05, 0.1) is 18.4 Å². The van der Waals surface area contributed by atoms with E-state index in [0.29, 0.717) is 5.92 Å². The van der Waals surface area contributed by atoms with Crippen LogP contribution in [0.4, 0.5) is 0 Å². The zero-order chi connectivity index (χ0) is 13.4. The second kappa shape index (κ2) is 4.42. The van der Waals surface area contributed by atoms with Crippen molar-refractivity contribution in [2.45, 2.75) is 19.8 Å². The van der Waals surface area contributed by atoms with Gasteiger partial charge >= 0.3 is 0 Å². The Morgan fingerprint density at radius 3 is 2.79 bits per heavy atom. The van der Waals surface area contributed by atoms with Gasteiger partial charge in [-0.25, -0.2) is 0 Å². The van der Waals surface area contributed by atoms with E-state index < -0.39 is 0 Å². The van der Waals surface area contributed by atoms with Crippen molar-refractivity contribution in [3.05, 3.63) is 36.0 Å². The van der Waals surface area contributed by atoms with E-state index in [1.165, 1.54) is 0 Å². The van der Waals surface area contributed by atoms with E-state index in [1.807, 2.05) is 34.8 Å². The van der Waals surface area contributed by atoms with Gasteiger partial charge in [0.1, 0.15) is 5.75 Å². The highest BCUT2D eigenvalue weighted by Crippen LogP contribution is 2.28. The molecule has 0 spiro atoms. The maximum absolute atomic E-state index is 5.38. The minimum Gasteiger partial charge on any atom is -0.496 e. The summed E-state index contributed by atoms with van der Waals surface area (Å²) in [6.07, 6.45) is 0. The maximum Gasteiger partial charge on any atom is 0.186 e. The Kier molecular flexibility index (Phi) is 2.74. The summed E-state index contributed by atoms with van der Waals surface area (Å²) in [6, 6.07) is 9.82. The lowest BCUT2D eigenvalue weighted by Crippen LogP contribution is -1.95.